The molecule has 2 amide bonds. The van der Waals surface area contributed by atoms with E-state index in [2.05, 4.69) is 10.6 Å². The number of anilines is 1. The van der Waals surface area contributed by atoms with Crippen molar-refractivity contribution in [3.8, 4) is 0 Å². The van der Waals surface area contributed by atoms with Crippen molar-refractivity contribution in [2.75, 3.05) is 25.1 Å². The summed E-state index contributed by atoms with van der Waals surface area (Å²) in [6.45, 7) is -1.47. The van der Waals surface area contributed by atoms with E-state index in [9.17, 15) is 22.4 Å². The number of alkyl halides is 4. The van der Waals surface area contributed by atoms with Crippen molar-refractivity contribution in [3.05, 3.63) is 29.3 Å². The summed E-state index contributed by atoms with van der Waals surface area (Å²) < 4.78 is 49.2. The fourth-order valence-corrected chi connectivity index (χ4v) is 2.30. The summed E-state index contributed by atoms with van der Waals surface area (Å²) in [5.74, 6) is 0. The molecule has 21 heavy (non-hydrogen) atoms. The SMILES string of the molecule is O=C(NCCF)Nc1cccc2c1CN(CC(F)(F)F)C2. The van der Waals surface area contributed by atoms with Crippen molar-refractivity contribution in [2.45, 2.75) is 19.3 Å². The Labute approximate surface area is 119 Å². The highest BCUT2D eigenvalue weighted by atomic mass is 19.4. The first-order valence-electron chi connectivity index (χ1n) is 6.40. The van der Waals surface area contributed by atoms with Gasteiger partial charge in [-0.1, -0.05) is 12.1 Å². The van der Waals surface area contributed by atoms with E-state index in [4.69, 9.17) is 0 Å². The average Bonchev–Trinajstić information content (AvgIpc) is 2.77. The van der Waals surface area contributed by atoms with Crippen molar-refractivity contribution < 1.29 is 22.4 Å². The highest BCUT2D eigenvalue weighted by Crippen LogP contribution is 2.31. The van der Waals surface area contributed by atoms with Gasteiger partial charge in [0, 0.05) is 25.3 Å². The summed E-state index contributed by atoms with van der Waals surface area (Å²) in [5.41, 5.74) is 1.87. The number of hydrogen-bond donors (Lipinski definition) is 2. The topological polar surface area (TPSA) is 44.4 Å². The fraction of sp³-hybridized carbons (Fsp3) is 0.462. The fourth-order valence-electron chi connectivity index (χ4n) is 2.30. The second kappa shape index (κ2) is 6.30. The van der Waals surface area contributed by atoms with Crippen LogP contribution in [0.1, 0.15) is 11.1 Å². The van der Waals surface area contributed by atoms with Crippen LogP contribution in [-0.4, -0.2) is 36.9 Å². The zero-order valence-corrected chi connectivity index (χ0v) is 11.1. The quantitative estimate of drug-likeness (QED) is 0.840. The summed E-state index contributed by atoms with van der Waals surface area (Å²) in [7, 11) is 0. The number of nitrogens with zero attached hydrogens (tertiary/aromatic N) is 1. The zero-order chi connectivity index (χ0) is 15.5. The highest BCUT2D eigenvalue weighted by Gasteiger charge is 2.34. The number of fused-ring (bicyclic) bond motifs is 1. The van der Waals surface area contributed by atoms with Gasteiger partial charge in [-0.2, -0.15) is 13.2 Å². The van der Waals surface area contributed by atoms with Crippen molar-refractivity contribution in [1.82, 2.24) is 10.2 Å². The predicted octanol–water partition coefficient (Wildman–Crippen LogP) is 2.66. The Morgan fingerprint density at radius 1 is 1.29 bits per heavy atom. The molecule has 2 rings (SSSR count). The van der Waals surface area contributed by atoms with Gasteiger partial charge in [-0.15, -0.1) is 0 Å². The lowest BCUT2D eigenvalue weighted by Gasteiger charge is -2.17. The van der Waals surface area contributed by atoms with E-state index in [0.717, 1.165) is 5.56 Å². The van der Waals surface area contributed by atoms with Gasteiger partial charge in [-0.05, 0) is 17.2 Å². The van der Waals surface area contributed by atoms with Crippen LogP contribution in [0.5, 0.6) is 0 Å². The number of rotatable bonds is 4. The van der Waals surface area contributed by atoms with Crippen LogP contribution < -0.4 is 10.6 Å². The molecule has 0 aliphatic carbocycles. The molecule has 0 radical (unpaired) electrons. The van der Waals surface area contributed by atoms with Gasteiger partial charge in [-0.25, -0.2) is 9.18 Å². The number of carbonyl (C=O) groups excluding carboxylic acids is 1. The lowest BCUT2D eigenvalue weighted by Crippen LogP contribution is -2.31. The maximum atomic E-state index is 12.4. The molecule has 1 aromatic carbocycles. The second-order valence-electron chi connectivity index (χ2n) is 4.77. The number of benzene rings is 1. The Balaban J connectivity index is 2.05. The van der Waals surface area contributed by atoms with Crippen LogP contribution in [0.15, 0.2) is 18.2 Å². The Bertz CT molecular complexity index is 519. The molecule has 1 aliphatic heterocycles. The molecule has 1 heterocycles. The predicted molar refractivity (Wildman–Crippen MR) is 69.6 cm³/mol. The molecule has 0 atom stereocenters. The number of carbonyl (C=O) groups is 1. The van der Waals surface area contributed by atoms with Gasteiger partial charge in [0.15, 0.2) is 0 Å². The molecule has 1 aromatic rings. The lowest BCUT2D eigenvalue weighted by atomic mass is 10.1. The normalized spacial score (nSPS) is 14.9. The van der Waals surface area contributed by atoms with Crippen molar-refractivity contribution in [3.63, 3.8) is 0 Å². The number of halogens is 4. The van der Waals surface area contributed by atoms with Crippen LogP contribution in [0.3, 0.4) is 0 Å². The van der Waals surface area contributed by atoms with E-state index < -0.39 is 25.4 Å². The summed E-state index contributed by atoms with van der Waals surface area (Å²) in [6.07, 6.45) is -4.26. The second-order valence-corrected chi connectivity index (χ2v) is 4.77. The Morgan fingerprint density at radius 2 is 2.05 bits per heavy atom. The van der Waals surface area contributed by atoms with Crippen molar-refractivity contribution >= 4 is 11.7 Å². The van der Waals surface area contributed by atoms with Crippen LogP contribution in [0.4, 0.5) is 28.0 Å². The molecular formula is C13H15F4N3O. The number of nitrogens with one attached hydrogen (secondary N) is 2. The largest absolute Gasteiger partial charge is 0.401 e. The highest BCUT2D eigenvalue weighted by molar-refractivity contribution is 5.90. The van der Waals surface area contributed by atoms with Crippen LogP contribution in [0, 0.1) is 0 Å². The van der Waals surface area contributed by atoms with Crippen LogP contribution in [-0.2, 0) is 13.1 Å². The molecule has 116 valence electrons. The van der Waals surface area contributed by atoms with Crippen molar-refractivity contribution in [1.29, 1.82) is 0 Å². The summed E-state index contributed by atoms with van der Waals surface area (Å²) >= 11 is 0. The minimum Gasteiger partial charge on any atom is -0.335 e. The maximum absolute atomic E-state index is 12.4. The Morgan fingerprint density at radius 3 is 2.71 bits per heavy atom. The van der Waals surface area contributed by atoms with Crippen LogP contribution in [0.25, 0.3) is 0 Å². The van der Waals surface area contributed by atoms with Gasteiger partial charge >= 0.3 is 12.2 Å². The van der Waals surface area contributed by atoms with Crippen LogP contribution >= 0.6 is 0 Å². The van der Waals surface area contributed by atoms with Crippen molar-refractivity contribution in [2.24, 2.45) is 0 Å². The molecule has 0 saturated heterocycles. The van der Waals surface area contributed by atoms with Gasteiger partial charge < -0.3 is 10.6 Å². The smallest absolute Gasteiger partial charge is 0.335 e. The van der Waals surface area contributed by atoms with Gasteiger partial charge in [0.05, 0.1) is 6.54 Å². The number of urea groups is 1. The summed E-state index contributed by atoms with van der Waals surface area (Å²) in [6, 6.07) is 4.44. The van der Waals surface area contributed by atoms with Gasteiger partial charge in [0.1, 0.15) is 6.67 Å². The van der Waals surface area contributed by atoms with E-state index in [-0.39, 0.29) is 19.6 Å². The molecule has 0 unspecified atom stereocenters. The molecule has 8 heteroatoms. The third-order valence-electron chi connectivity index (χ3n) is 3.08. The minimum atomic E-state index is -4.26. The third kappa shape index (κ3) is 4.32. The monoisotopic (exact) mass is 305 g/mol. The van der Waals surface area contributed by atoms with Gasteiger partial charge in [-0.3, -0.25) is 4.90 Å². The van der Waals surface area contributed by atoms with Crippen LogP contribution in [0.2, 0.25) is 0 Å². The number of hydrogen-bond acceptors (Lipinski definition) is 2. The van der Waals surface area contributed by atoms with Gasteiger partial charge in [0.25, 0.3) is 0 Å². The van der Waals surface area contributed by atoms with E-state index in [0.29, 0.717) is 11.3 Å². The zero-order valence-electron chi connectivity index (χ0n) is 11.1. The van der Waals surface area contributed by atoms with E-state index in [1.807, 2.05) is 0 Å². The van der Waals surface area contributed by atoms with E-state index in [1.54, 1.807) is 18.2 Å². The molecule has 0 aromatic heterocycles. The minimum absolute atomic E-state index is 0.110. The third-order valence-corrected chi connectivity index (χ3v) is 3.08. The molecule has 2 N–H and O–H groups in total. The molecule has 1 aliphatic rings. The molecule has 0 fully saturated rings. The summed E-state index contributed by atoms with van der Waals surface area (Å²) in [4.78, 5) is 12.8. The lowest BCUT2D eigenvalue weighted by molar-refractivity contribution is -0.146. The maximum Gasteiger partial charge on any atom is 0.401 e. The Kier molecular flexibility index (Phi) is 4.66. The molecule has 4 nitrogen and oxygen atoms in total. The first-order chi connectivity index (χ1) is 9.89. The van der Waals surface area contributed by atoms with Gasteiger partial charge in [0.2, 0.25) is 0 Å². The first kappa shape index (κ1) is 15.6. The van der Waals surface area contributed by atoms with E-state index >= 15 is 0 Å². The average molecular weight is 305 g/mol. The molecular weight excluding hydrogens is 290 g/mol. The summed E-state index contributed by atoms with van der Waals surface area (Å²) in [5, 5.41) is 4.84. The molecule has 0 bridgehead atoms. The Hall–Kier alpha value is -1.83. The van der Waals surface area contributed by atoms with E-state index in [1.165, 1.54) is 4.90 Å². The molecule has 0 saturated carbocycles. The number of amides is 2. The standard InChI is InChI=1S/C13H15F4N3O/c14-4-5-18-12(21)19-11-3-1-2-9-6-20(7-10(9)11)8-13(15,16)17/h1-3H,4-8H2,(H2,18,19,21). The first-order valence-corrected chi connectivity index (χ1v) is 6.40. The molecule has 0 spiro atoms.